The summed E-state index contributed by atoms with van der Waals surface area (Å²) in [4.78, 5) is 28.4. The fourth-order valence-electron chi connectivity index (χ4n) is 3.89. The van der Waals surface area contributed by atoms with Crippen LogP contribution in [0.1, 0.15) is 50.6 Å². The van der Waals surface area contributed by atoms with Gasteiger partial charge in [0.15, 0.2) is 0 Å². The summed E-state index contributed by atoms with van der Waals surface area (Å²) in [7, 11) is 0. The number of aromatic nitrogens is 1. The predicted octanol–water partition coefficient (Wildman–Crippen LogP) is 4.76. The molecule has 1 aliphatic rings. The smallest absolute Gasteiger partial charge is 0.254 e. The number of likely N-dealkylation sites (tertiary alicyclic amines) is 1. The van der Waals surface area contributed by atoms with E-state index in [9.17, 15) is 14.0 Å². The molecule has 0 unspecified atom stereocenters. The van der Waals surface area contributed by atoms with Crippen LogP contribution in [0.3, 0.4) is 0 Å². The van der Waals surface area contributed by atoms with Gasteiger partial charge in [0.2, 0.25) is 0 Å². The number of thioether (sulfide) groups is 1. The van der Waals surface area contributed by atoms with E-state index in [0.717, 1.165) is 21.9 Å². The quantitative estimate of drug-likeness (QED) is 0.529. The summed E-state index contributed by atoms with van der Waals surface area (Å²) in [5.74, 6) is 0.890. The summed E-state index contributed by atoms with van der Waals surface area (Å²) >= 11 is 1.60. The highest BCUT2D eigenvalue weighted by atomic mass is 32.2. The molecule has 1 N–H and O–H groups in total. The number of nitrogens with one attached hydrogen (secondary N) is 1. The predicted molar refractivity (Wildman–Crippen MR) is 125 cm³/mol. The number of hydrogen-bond donors (Lipinski definition) is 1. The second-order valence-corrected chi connectivity index (χ2v) is 9.15. The van der Waals surface area contributed by atoms with E-state index in [2.05, 4.69) is 10.5 Å². The zero-order valence-corrected chi connectivity index (χ0v) is 19.5. The number of rotatable bonds is 6. The molecule has 2 heterocycles. The van der Waals surface area contributed by atoms with Crippen molar-refractivity contribution in [1.29, 1.82) is 0 Å². The molecule has 0 atom stereocenters. The zero-order chi connectivity index (χ0) is 23.4. The fraction of sp³-hybridized carbons (Fsp3) is 0.320. The molecule has 4 rings (SSSR count). The average molecular weight is 468 g/mol. The second kappa shape index (κ2) is 10.2. The first-order chi connectivity index (χ1) is 15.9. The lowest BCUT2D eigenvalue weighted by Gasteiger charge is -2.32. The molecule has 0 aliphatic carbocycles. The van der Waals surface area contributed by atoms with Crippen LogP contribution in [-0.2, 0) is 5.75 Å². The van der Waals surface area contributed by atoms with E-state index in [-0.39, 0.29) is 23.7 Å². The van der Waals surface area contributed by atoms with Gasteiger partial charge in [0.05, 0.1) is 11.3 Å². The Hall–Kier alpha value is -3.13. The van der Waals surface area contributed by atoms with Crippen LogP contribution in [0.5, 0.6) is 0 Å². The fourth-order valence-corrected chi connectivity index (χ4v) is 5.09. The highest BCUT2D eigenvalue weighted by Crippen LogP contribution is 2.30. The summed E-state index contributed by atoms with van der Waals surface area (Å²) in [6.07, 6.45) is 1.35. The number of piperidine rings is 1. The SMILES string of the molecule is Cc1noc(C)c1CSc1ccccc1C(=O)N1CCC(NC(=O)c2ccc(F)cc2)CC1. The molecule has 1 fully saturated rings. The van der Waals surface area contributed by atoms with Gasteiger partial charge in [0, 0.05) is 40.9 Å². The monoisotopic (exact) mass is 467 g/mol. The van der Waals surface area contributed by atoms with Gasteiger partial charge in [-0.05, 0) is 63.1 Å². The van der Waals surface area contributed by atoms with Crippen molar-refractivity contribution in [1.82, 2.24) is 15.4 Å². The molecule has 1 saturated heterocycles. The first-order valence-corrected chi connectivity index (χ1v) is 11.9. The maximum Gasteiger partial charge on any atom is 0.254 e. The topological polar surface area (TPSA) is 75.4 Å². The Morgan fingerprint density at radius 3 is 2.48 bits per heavy atom. The van der Waals surface area contributed by atoms with Gasteiger partial charge >= 0.3 is 0 Å². The van der Waals surface area contributed by atoms with Crippen LogP contribution in [-0.4, -0.2) is 41.0 Å². The van der Waals surface area contributed by atoms with E-state index in [1.807, 2.05) is 43.0 Å². The van der Waals surface area contributed by atoms with Crippen LogP contribution in [0.4, 0.5) is 4.39 Å². The van der Waals surface area contributed by atoms with E-state index >= 15 is 0 Å². The van der Waals surface area contributed by atoms with E-state index in [4.69, 9.17) is 4.52 Å². The third kappa shape index (κ3) is 5.45. The summed E-state index contributed by atoms with van der Waals surface area (Å²) < 4.78 is 18.3. The highest BCUT2D eigenvalue weighted by molar-refractivity contribution is 7.98. The number of amides is 2. The first kappa shape index (κ1) is 23.0. The molecule has 8 heteroatoms. The molecule has 0 saturated carbocycles. The van der Waals surface area contributed by atoms with Gasteiger partial charge in [0.1, 0.15) is 11.6 Å². The molecule has 0 bridgehead atoms. The molecule has 0 radical (unpaired) electrons. The molecule has 2 amide bonds. The third-order valence-electron chi connectivity index (χ3n) is 5.89. The normalized spacial score (nSPS) is 14.3. The standard InChI is InChI=1S/C25H26FN3O3S/c1-16-22(17(2)32-28-16)15-33-23-6-4-3-5-21(23)25(31)29-13-11-20(12-14-29)27-24(30)18-7-9-19(26)10-8-18/h3-10,20H,11-15H2,1-2H3,(H,27,30). The third-order valence-corrected chi connectivity index (χ3v) is 6.99. The zero-order valence-electron chi connectivity index (χ0n) is 18.6. The van der Waals surface area contributed by atoms with Gasteiger partial charge in [-0.25, -0.2) is 4.39 Å². The minimum atomic E-state index is -0.372. The van der Waals surface area contributed by atoms with Crippen molar-refractivity contribution >= 4 is 23.6 Å². The second-order valence-electron chi connectivity index (χ2n) is 8.13. The molecule has 33 heavy (non-hydrogen) atoms. The van der Waals surface area contributed by atoms with Crippen LogP contribution in [0.2, 0.25) is 0 Å². The van der Waals surface area contributed by atoms with E-state index in [1.165, 1.54) is 24.3 Å². The molecule has 2 aromatic carbocycles. The molecular formula is C25H26FN3O3S. The lowest BCUT2D eigenvalue weighted by Crippen LogP contribution is -2.46. The van der Waals surface area contributed by atoms with Gasteiger partial charge in [0.25, 0.3) is 11.8 Å². The van der Waals surface area contributed by atoms with Crippen LogP contribution in [0.15, 0.2) is 57.9 Å². The summed E-state index contributed by atoms with van der Waals surface area (Å²) in [5.41, 5.74) is 3.04. The number of halogens is 1. The van der Waals surface area contributed by atoms with Crippen LogP contribution in [0.25, 0.3) is 0 Å². The van der Waals surface area contributed by atoms with Crippen LogP contribution in [0, 0.1) is 19.7 Å². The maximum atomic E-state index is 13.3. The van der Waals surface area contributed by atoms with Crippen molar-refractivity contribution in [3.8, 4) is 0 Å². The molecule has 1 aromatic heterocycles. The number of hydrogen-bond acceptors (Lipinski definition) is 5. The maximum absolute atomic E-state index is 13.3. The highest BCUT2D eigenvalue weighted by Gasteiger charge is 2.26. The van der Waals surface area contributed by atoms with Crippen molar-refractivity contribution in [3.63, 3.8) is 0 Å². The Kier molecular flexibility index (Phi) is 7.13. The number of carbonyl (C=O) groups excluding carboxylic acids is 2. The molecule has 0 spiro atoms. The Morgan fingerprint density at radius 1 is 1.12 bits per heavy atom. The van der Waals surface area contributed by atoms with Crippen LogP contribution >= 0.6 is 11.8 Å². The summed E-state index contributed by atoms with van der Waals surface area (Å²) in [5, 5.41) is 6.99. The Labute approximate surface area is 196 Å². The minimum Gasteiger partial charge on any atom is -0.361 e. The Balaban J connectivity index is 1.35. The van der Waals surface area contributed by atoms with Crippen molar-refractivity contribution in [2.45, 2.75) is 43.4 Å². The number of carbonyl (C=O) groups is 2. The van der Waals surface area contributed by atoms with Gasteiger partial charge in [-0.3, -0.25) is 9.59 Å². The Bertz CT molecular complexity index is 1120. The lowest BCUT2D eigenvalue weighted by atomic mass is 10.0. The molecule has 3 aromatic rings. The van der Waals surface area contributed by atoms with Gasteiger partial charge in [-0.15, -0.1) is 11.8 Å². The van der Waals surface area contributed by atoms with E-state index in [1.54, 1.807) is 11.8 Å². The van der Waals surface area contributed by atoms with Crippen LogP contribution < -0.4 is 5.32 Å². The largest absolute Gasteiger partial charge is 0.361 e. The van der Waals surface area contributed by atoms with E-state index in [0.29, 0.717) is 42.8 Å². The lowest BCUT2D eigenvalue weighted by molar-refractivity contribution is 0.0694. The summed E-state index contributed by atoms with van der Waals surface area (Å²) in [6.45, 7) is 4.94. The van der Waals surface area contributed by atoms with Gasteiger partial charge in [-0.2, -0.15) is 0 Å². The Morgan fingerprint density at radius 2 is 1.82 bits per heavy atom. The van der Waals surface area contributed by atoms with Crippen molar-refractivity contribution in [2.75, 3.05) is 13.1 Å². The summed E-state index contributed by atoms with van der Waals surface area (Å²) in [6, 6.07) is 13.1. The van der Waals surface area contributed by atoms with Gasteiger partial charge < -0.3 is 14.7 Å². The molecule has 1 aliphatic heterocycles. The number of benzene rings is 2. The van der Waals surface area contributed by atoms with Gasteiger partial charge in [-0.1, -0.05) is 17.3 Å². The molecule has 6 nitrogen and oxygen atoms in total. The van der Waals surface area contributed by atoms with Crippen molar-refractivity contribution in [3.05, 3.63) is 82.5 Å². The van der Waals surface area contributed by atoms with E-state index < -0.39 is 0 Å². The van der Waals surface area contributed by atoms with Crippen molar-refractivity contribution in [2.24, 2.45) is 0 Å². The minimum absolute atomic E-state index is 0.000161. The molecule has 172 valence electrons. The first-order valence-electron chi connectivity index (χ1n) is 10.9. The molecular weight excluding hydrogens is 441 g/mol. The number of aryl methyl sites for hydroxylation is 2. The average Bonchev–Trinajstić information content (AvgIpc) is 3.15. The van der Waals surface area contributed by atoms with Crippen molar-refractivity contribution < 1.29 is 18.5 Å². The number of nitrogens with zero attached hydrogens (tertiary/aromatic N) is 2.